The number of ketones is 2. The number of rotatable bonds is 2. The second-order valence-electron chi connectivity index (χ2n) is 9.82. The summed E-state index contributed by atoms with van der Waals surface area (Å²) < 4.78 is 9.80. The first-order valence-electron chi connectivity index (χ1n) is 10.6. The van der Waals surface area contributed by atoms with Crippen molar-refractivity contribution >= 4 is 23.5 Å². The van der Waals surface area contributed by atoms with Gasteiger partial charge >= 0.3 is 11.9 Å². The second-order valence-corrected chi connectivity index (χ2v) is 9.82. The molecule has 4 rings (SSSR count). The number of fused-ring (bicyclic) bond motifs is 5. The molecule has 158 valence electrons. The van der Waals surface area contributed by atoms with Crippen LogP contribution in [0.3, 0.4) is 0 Å². The van der Waals surface area contributed by atoms with Crippen molar-refractivity contribution in [1.29, 1.82) is 0 Å². The summed E-state index contributed by atoms with van der Waals surface area (Å²) in [4.78, 5) is 50.6. The van der Waals surface area contributed by atoms with Crippen molar-refractivity contribution in [2.24, 2.45) is 40.4 Å². The number of hydrogen-bond acceptors (Lipinski definition) is 6. The fraction of sp³-hybridized carbons (Fsp3) is 0.739. The fourth-order valence-corrected chi connectivity index (χ4v) is 6.94. The highest BCUT2D eigenvalue weighted by atomic mass is 16.5. The van der Waals surface area contributed by atoms with Gasteiger partial charge in [0.1, 0.15) is 5.92 Å². The van der Waals surface area contributed by atoms with Crippen LogP contribution >= 0.6 is 0 Å². The maximum absolute atomic E-state index is 13.3. The molecule has 0 bridgehead atoms. The maximum Gasteiger partial charge on any atom is 0.316 e. The van der Waals surface area contributed by atoms with Crippen molar-refractivity contribution in [1.82, 2.24) is 0 Å². The Morgan fingerprint density at radius 2 is 1.62 bits per heavy atom. The standard InChI is InChI=1S/C23H30O6/c1-22-7-5-12(20(26)28-3)9-13(22)10-17(24)18-15(22)6-8-23(2)16(18)11-14(19(23)25)21(27)29-4/h10,12,14-16,18H,5-9,11H2,1-4H3/t12?,14?,15-,16-,18+,22-,23-/m0/s1. The summed E-state index contributed by atoms with van der Waals surface area (Å²) in [5, 5.41) is 0. The third-order valence-electron chi connectivity index (χ3n) is 8.72. The Balaban J connectivity index is 1.68. The first-order valence-corrected chi connectivity index (χ1v) is 10.6. The Morgan fingerprint density at radius 1 is 0.966 bits per heavy atom. The van der Waals surface area contributed by atoms with Gasteiger partial charge < -0.3 is 9.47 Å². The molecule has 0 aromatic carbocycles. The zero-order chi connectivity index (χ0) is 21.1. The smallest absolute Gasteiger partial charge is 0.316 e. The molecule has 0 amide bonds. The molecule has 0 heterocycles. The summed E-state index contributed by atoms with van der Waals surface area (Å²) in [7, 11) is 2.72. The number of hydrogen-bond donors (Lipinski definition) is 0. The minimum atomic E-state index is -0.755. The number of methoxy groups -OCH3 is 2. The predicted octanol–water partition coefficient (Wildman–Crippen LogP) is 2.89. The topological polar surface area (TPSA) is 86.7 Å². The van der Waals surface area contributed by atoms with Gasteiger partial charge in [-0.25, -0.2) is 0 Å². The highest BCUT2D eigenvalue weighted by Gasteiger charge is 2.64. The Kier molecular flexibility index (Phi) is 4.74. The third kappa shape index (κ3) is 2.74. The van der Waals surface area contributed by atoms with Gasteiger partial charge in [0, 0.05) is 11.3 Å². The van der Waals surface area contributed by atoms with E-state index in [1.807, 2.05) is 6.92 Å². The number of esters is 2. The van der Waals surface area contributed by atoms with E-state index in [-0.39, 0.29) is 46.6 Å². The third-order valence-corrected chi connectivity index (χ3v) is 8.72. The Hall–Kier alpha value is -1.98. The molecule has 4 aliphatic carbocycles. The van der Waals surface area contributed by atoms with Gasteiger partial charge in [-0.05, 0) is 61.9 Å². The molecular weight excluding hydrogens is 372 g/mol. The molecule has 0 aliphatic heterocycles. The summed E-state index contributed by atoms with van der Waals surface area (Å²) in [6.07, 6.45) is 5.80. The molecule has 6 heteroatoms. The van der Waals surface area contributed by atoms with Crippen LogP contribution in [-0.2, 0) is 28.7 Å². The van der Waals surface area contributed by atoms with Crippen LogP contribution in [0.5, 0.6) is 0 Å². The van der Waals surface area contributed by atoms with Crippen molar-refractivity contribution in [3.05, 3.63) is 11.6 Å². The maximum atomic E-state index is 13.3. The van der Waals surface area contributed by atoms with E-state index in [0.29, 0.717) is 19.3 Å². The highest BCUT2D eigenvalue weighted by molar-refractivity contribution is 6.05. The number of ether oxygens (including phenoxy) is 2. The van der Waals surface area contributed by atoms with Crippen LogP contribution in [-0.4, -0.2) is 37.7 Å². The lowest BCUT2D eigenvalue weighted by Gasteiger charge is -2.55. The summed E-state index contributed by atoms with van der Waals surface area (Å²) in [5.41, 5.74) is 0.278. The lowest BCUT2D eigenvalue weighted by atomic mass is 9.47. The van der Waals surface area contributed by atoms with Gasteiger partial charge in [-0.3, -0.25) is 19.2 Å². The fourth-order valence-electron chi connectivity index (χ4n) is 6.94. The monoisotopic (exact) mass is 402 g/mol. The van der Waals surface area contributed by atoms with Crippen molar-refractivity contribution < 1.29 is 28.7 Å². The van der Waals surface area contributed by atoms with Gasteiger partial charge in [0.2, 0.25) is 0 Å². The van der Waals surface area contributed by atoms with E-state index in [1.54, 1.807) is 6.08 Å². The summed E-state index contributed by atoms with van der Waals surface area (Å²) in [6, 6.07) is 0. The van der Waals surface area contributed by atoms with Gasteiger partial charge in [0.05, 0.1) is 20.1 Å². The molecule has 0 N–H and O–H groups in total. The second kappa shape index (κ2) is 6.78. The molecule has 6 nitrogen and oxygen atoms in total. The summed E-state index contributed by atoms with van der Waals surface area (Å²) in [6.45, 7) is 4.15. The molecule has 0 spiro atoms. The molecule has 3 saturated carbocycles. The molecule has 4 aliphatic rings. The number of allylic oxidation sites excluding steroid dienone is 2. The molecule has 29 heavy (non-hydrogen) atoms. The minimum absolute atomic E-state index is 0.0576. The van der Waals surface area contributed by atoms with Gasteiger partial charge in [0.25, 0.3) is 0 Å². The molecule has 2 unspecified atom stereocenters. The van der Waals surface area contributed by atoms with E-state index in [0.717, 1.165) is 24.8 Å². The van der Waals surface area contributed by atoms with Gasteiger partial charge in [0.15, 0.2) is 11.6 Å². The predicted molar refractivity (Wildman–Crippen MR) is 103 cm³/mol. The van der Waals surface area contributed by atoms with Crippen LogP contribution in [0.2, 0.25) is 0 Å². The summed E-state index contributed by atoms with van der Waals surface area (Å²) >= 11 is 0. The van der Waals surface area contributed by atoms with Crippen molar-refractivity contribution in [3.63, 3.8) is 0 Å². The number of carbonyl (C=O) groups is 4. The molecule has 3 fully saturated rings. The van der Waals surface area contributed by atoms with Crippen LogP contribution < -0.4 is 0 Å². The van der Waals surface area contributed by atoms with Gasteiger partial charge in [-0.15, -0.1) is 0 Å². The average Bonchev–Trinajstić information content (AvgIpc) is 2.98. The van der Waals surface area contributed by atoms with Gasteiger partial charge in [-0.1, -0.05) is 19.4 Å². The molecule has 7 atom stereocenters. The van der Waals surface area contributed by atoms with Crippen LogP contribution in [0, 0.1) is 40.4 Å². The molecule has 0 radical (unpaired) electrons. The van der Waals surface area contributed by atoms with E-state index in [2.05, 4.69) is 6.92 Å². The average molecular weight is 402 g/mol. The largest absolute Gasteiger partial charge is 0.469 e. The Labute approximate surface area is 171 Å². The Bertz CT molecular complexity index is 812. The zero-order valence-electron chi connectivity index (χ0n) is 17.7. The minimum Gasteiger partial charge on any atom is -0.469 e. The van der Waals surface area contributed by atoms with Crippen molar-refractivity contribution in [2.75, 3.05) is 14.2 Å². The van der Waals surface area contributed by atoms with Crippen LogP contribution in [0.25, 0.3) is 0 Å². The molecular formula is C23H30O6. The van der Waals surface area contributed by atoms with E-state index in [4.69, 9.17) is 9.47 Å². The first-order chi connectivity index (χ1) is 13.7. The van der Waals surface area contributed by atoms with Crippen molar-refractivity contribution in [3.8, 4) is 0 Å². The SMILES string of the molecule is COC(=O)C1CC[C@@]2(C)C(=CC(=O)[C@@H]3[C@@H]2CC[C@]2(C)C(=O)C(C(=O)OC)C[C@@H]32)C1. The van der Waals surface area contributed by atoms with E-state index in [1.165, 1.54) is 14.2 Å². The lowest BCUT2D eigenvalue weighted by molar-refractivity contribution is -0.151. The van der Waals surface area contributed by atoms with Crippen LogP contribution in [0.15, 0.2) is 11.6 Å². The van der Waals surface area contributed by atoms with E-state index < -0.39 is 17.3 Å². The molecule has 0 aromatic heterocycles. The lowest BCUT2D eigenvalue weighted by Crippen LogP contribution is -2.53. The van der Waals surface area contributed by atoms with Crippen molar-refractivity contribution in [2.45, 2.75) is 52.4 Å². The number of carbonyl (C=O) groups excluding carboxylic acids is 4. The number of Topliss-reactive ketones (excluding diaryl/α,β-unsaturated/α-hetero) is 1. The normalized spacial score (nSPS) is 43.6. The zero-order valence-corrected chi connectivity index (χ0v) is 17.7. The van der Waals surface area contributed by atoms with Crippen LogP contribution in [0.4, 0.5) is 0 Å². The first kappa shape index (κ1) is 20.3. The highest BCUT2D eigenvalue weighted by Crippen LogP contribution is 2.64. The van der Waals surface area contributed by atoms with E-state index >= 15 is 0 Å². The van der Waals surface area contributed by atoms with Gasteiger partial charge in [-0.2, -0.15) is 0 Å². The molecule has 0 saturated heterocycles. The Morgan fingerprint density at radius 3 is 2.28 bits per heavy atom. The van der Waals surface area contributed by atoms with Crippen LogP contribution in [0.1, 0.15) is 52.4 Å². The summed E-state index contributed by atoms with van der Waals surface area (Å²) in [5.74, 6) is -1.85. The van der Waals surface area contributed by atoms with E-state index in [9.17, 15) is 19.2 Å². The molecule has 0 aromatic rings. The quantitative estimate of drug-likeness (QED) is 0.521.